The van der Waals surface area contributed by atoms with E-state index in [1.165, 1.54) is 6.20 Å². The van der Waals surface area contributed by atoms with Crippen molar-refractivity contribution >= 4 is 16.7 Å². The van der Waals surface area contributed by atoms with E-state index in [9.17, 15) is 9.00 Å². The summed E-state index contributed by atoms with van der Waals surface area (Å²) in [6.45, 7) is 3.76. The van der Waals surface area contributed by atoms with E-state index in [0.29, 0.717) is 16.5 Å². The predicted octanol–water partition coefficient (Wildman–Crippen LogP) is 1.30. The fourth-order valence-corrected chi connectivity index (χ4v) is 2.42. The van der Waals surface area contributed by atoms with Crippen molar-refractivity contribution in [2.45, 2.75) is 18.2 Å². The van der Waals surface area contributed by atoms with Crippen LogP contribution in [0.1, 0.15) is 23.8 Å². The Morgan fingerprint density at radius 3 is 2.76 bits per heavy atom. The van der Waals surface area contributed by atoms with Crippen molar-refractivity contribution in [3.05, 3.63) is 24.0 Å². The summed E-state index contributed by atoms with van der Waals surface area (Å²) >= 11 is 0. The molecule has 1 aliphatic heterocycles. The number of carbonyl (C=O) groups is 1. The highest BCUT2D eigenvalue weighted by molar-refractivity contribution is 7.84. The highest BCUT2D eigenvalue weighted by Crippen LogP contribution is 2.17. The molecular weight excluding hydrogens is 236 g/mol. The second-order valence-corrected chi connectivity index (χ2v) is 5.86. The van der Waals surface area contributed by atoms with Gasteiger partial charge in [-0.3, -0.25) is 9.00 Å². The molecule has 0 radical (unpaired) electrons. The van der Waals surface area contributed by atoms with Crippen molar-refractivity contribution in [2.24, 2.45) is 5.92 Å². The summed E-state index contributed by atoms with van der Waals surface area (Å²) in [7, 11) is -1.05. The maximum Gasteiger partial charge on any atom is 0.272 e. The lowest BCUT2D eigenvalue weighted by Crippen LogP contribution is -2.29. The number of hydrogen-bond acceptors (Lipinski definition) is 3. The van der Waals surface area contributed by atoms with Crippen LogP contribution in [0.4, 0.5) is 0 Å². The van der Waals surface area contributed by atoms with Gasteiger partial charge in [0.05, 0.1) is 15.7 Å². The molecule has 0 aliphatic carbocycles. The minimum absolute atomic E-state index is 0.0252. The zero-order valence-electron chi connectivity index (χ0n) is 10.0. The van der Waals surface area contributed by atoms with E-state index in [0.717, 1.165) is 19.5 Å². The number of hydrogen-bond donors (Lipinski definition) is 0. The number of amides is 1. The van der Waals surface area contributed by atoms with Gasteiger partial charge in [-0.25, -0.2) is 4.98 Å². The van der Waals surface area contributed by atoms with E-state index in [1.54, 1.807) is 18.4 Å². The topological polar surface area (TPSA) is 50.3 Å². The summed E-state index contributed by atoms with van der Waals surface area (Å²) in [5.41, 5.74) is 0.438. The molecule has 0 N–H and O–H groups in total. The van der Waals surface area contributed by atoms with Gasteiger partial charge in [-0.1, -0.05) is 6.92 Å². The lowest BCUT2D eigenvalue weighted by Gasteiger charge is -2.15. The molecule has 17 heavy (non-hydrogen) atoms. The van der Waals surface area contributed by atoms with E-state index < -0.39 is 10.8 Å². The Hall–Kier alpha value is -1.23. The van der Waals surface area contributed by atoms with Crippen molar-refractivity contribution in [1.82, 2.24) is 9.88 Å². The minimum atomic E-state index is -1.05. The SMILES string of the molecule is CC1CCN(C(=O)c2ccc(S(C)=O)cn2)C1. The first-order valence-corrected chi connectivity index (χ1v) is 7.22. The van der Waals surface area contributed by atoms with Crippen LogP contribution in [0.15, 0.2) is 23.2 Å². The summed E-state index contributed by atoms with van der Waals surface area (Å²) < 4.78 is 11.2. The monoisotopic (exact) mass is 252 g/mol. The zero-order valence-corrected chi connectivity index (χ0v) is 10.9. The fraction of sp³-hybridized carbons (Fsp3) is 0.500. The van der Waals surface area contributed by atoms with Crippen LogP contribution in [0.2, 0.25) is 0 Å². The van der Waals surface area contributed by atoms with Crippen LogP contribution in [-0.2, 0) is 10.8 Å². The van der Waals surface area contributed by atoms with Crippen molar-refractivity contribution < 1.29 is 9.00 Å². The molecule has 0 aromatic carbocycles. The first kappa shape index (κ1) is 12.2. The lowest BCUT2D eigenvalue weighted by molar-refractivity contribution is 0.0782. The summed E-state index contributed by atoms with van der Waals surface area (Å²) in [6, 6.07) is 3.36. The number of rotatable bonds is 2. The molecule has 2 rings (SSSR count). The smallest absolute Gasteiger partial charge is 0.272 e. The second kappa shape index (κ2) is 4.96. The van der Waals surface area contributed by atoms with Crippen LogP contribution in [0.3, 0.4) is 0 Å². The summed E-state index contributed by atoms with van der Waals surface area (Å²) in [6.07, 6.45) is 4.17. The van der Waals surface area contributed by atoms with Gasteiger partial charge in [-0.2, -0.15) is 0 Å². The Kier molecular flexibility index (Phi) is 3.57. The third kappa shape index (κ3) is 2.72. The molecule has 2 atom stereocenters. The molecule has 1 fully saturated rings. The highest BCUT2D eigenvalue weighted by atomic mass is 32.2. The normalized spacial score (nSPS) is 21.5. The van der Waals surface area contributed by atoms with Crippen LogP contribution in [-0.4, -0.2) is 39.3 Å². The average molecular weight is 252 g/mol. The molecule has 1 aromatic rings. The first-order valence-electron chi connectivity index (χ1n) is 5.66. The molecular formula is C12H16N2O2S. The molecule has 0 bridgehead atoms. The van der Waals surface area contributed by atoms with Gasteiger partial charge in [0.1, 0.15) is 5.69 Å². The Morgan fingerprint density at radius 2 is 2.29 bits per heavy atom. The molecule has 0 spiro atoms. The van der Waals surface area contributed by atoms with Crippen molar-refractivity contribution in [2.75, 3.05) is 19.3 Å². The van der Waals surface area contributed by atoms with Crippen LogP contribution >= 0.6 is 0 Å². The first-order chi connectivity index (χ1) is 8.08. The van der Waals surface area contributed by atoms with Crippen LogP contribution in [0.5, 0.6) is 0 Å². The van der Waals surface area contributed by atoms with E-state index in [2.05, 4.69) is 11.9 Å². The number of pyridine rings is 1. The number of nitrogens with zero attached hydrogens (tertiary/aromatic N) is 2. The molecule has 1 saturated heterocycles. The zero-order chi connectivity index (χ0) is 12.4. The molecule has 4 nitrogen and oxygen atoms in total. The highest BCUT2D eigenvalue weighted by Gasteiger charge is 2.24. The predicted molar refractivity (Wildman–Crippen MR) is 66.3 cm³/mol. The minimum Gasteiger partial charge on any atom is -0.337 e. The van der Waals surface area contributed by atoms with Gasteiger partial charge in [-0.05, 0) is 24.5 Å². The number of aromatic nitrogens is 1. The van der Waals surface area contributed by atoms with Crippen molar-refractivity contribution in [3.63, 3.8) is 0 Å². The molecule has 1 aromatic heterocycles. The Morgan fingerprint density at radius 1 is 1.53 bits per heavy atom. The Labute approximate surface area is 103 Å². The third-order valence-corrected chi connectivity index (χ3v) is 3.90. The van der Waals surface area contributed by atoms with E-state index in [-0.39, 0.29) is 5.91 Å². The standard InChI is InChI=1S/C12H16N2O2S/c1-9-5-6-14(8-9)12(15)11-4-3-10(7-13-11)17(2)16/h3-4,7,9H,5-6,8H2,1-2H3. The molecule has 5 heteroatoms. The van der Waals surface area contributed by atoms with E-state index >= 15 is 0 Å². The summed E-state index contributed by atoms with van der Waals surface area (Å²) in [4.78, 5) is 18.6. The van der Waals surface area contributed by atoms with Gasteiger partial charge in [0.15, 0.2) is 0 Å². The maximum absolute atomic E-state index is 12.1. The largest absolute Gasteiger partial charge is 0.337 e. The van der Waals surface area contributed by atoms with Gasteiger partial charge in [-0.15, -0.1) is 0 Å². The molecule has 1 aliphatic rings. The van der Waals surface area contributed by atoms with Gasteiger partial charge in [0, 0.05) is 25.5 Å². The van der Waals surface area contributed by atoms with Gasteiger partial charge in [0.2, 0.25) is 0 Å². The third-order valence-electron chi connectivity index (χ3n) is 3.00. The molecule has 2 heterocycles. The Balaban J connectivity index is 2.12. The fourth-order valence-electron chi connectivity index (χ4n) is 1.96. The molecule has 2 unspecified atom stereocenters. The van der Waals surface area contributed by atoms with Crippen LogP contribution in [0.25, 0.3) is 0 Å². The van der Waals surface area contributed by atoms with Crippen molar-refractivity contribution in [1.29, 1.82) is 0 Å². The molecule has 92 valence electrons. The van der Waals surface area contributed by atoms with Crippen LogP contribution in [0, 0.1) is 5.92 Å². The lowest BCUT2D eigenvalue weighted by atomic mass is 10.2. The van der Waals surface area contributed by atoms with Gasteiger partial charge in [0.25, 0.3) is 5.91 Å². The Bertz CT molecular complexity index is 444. The molecule has 1 amide bonds. The summed E-state index contributed by atoms with van der Waals surface area (Å²) in [5, 5.41) is 0. The van der Waals surface area contributed by atoms with Gasteiger partial charge >= 0.3 is 0 Å². The number of likely N-dealkylation sites (tertiary alicyclic amines) is 1. The van der Waals surface area contributed by atoms with Gasteiger partial charge < -0.3 is 4.90 Å². The van der Waals surface area contributed by atoms with E-state index in [4.69, 9.17) is 0 Å². The quantitative estimate of drug-likeness (QED) is 0.797. The molecule has 0 saturated carbocycles. The summed E-state index contributed by atoms with van der Waals surface area (Å²) in [5.74, 6) is 0.546. The average Bonchev–Trinajstić information content (AvgIpc) is 2.75. The van der Waals surface area contributed by atoms with Crippen LogP contribution < -0.4 is 0 Å². The van der Waals surface area contributed by atoms with E-state index in [1.807, 2.05) is 4.90 Å². The second-order valence-electron chi connectivity index (χ2n) is 4.48. The van der Waals surface area contributed by atoms with Crippen molar-refractivity contribution in [3.8, 4) is 0 Å². The number of carbonyl (C=O) groups excluding carboxylic acids is 1. The maximum atomic E-state index is 12.1.